The highest BCUT2D eigenvalue weighted by Crippen LogP contribution is 2.26. The third kappa shape index (κ3) is 4.35. The molecule has 0 aliphatic heterocycles. The zero-order valence-corrected chi connectivity index (χ0v) is 12.1. The van der Waals surface area contributed by atoms with E-state index >= 15 is 0 Å². The molecule has 0 atom stereocenters. The number of hydrogen-bond acceptors (Lipinski definition) is 3. The van der Waals surface area contributed by atoms with Crippen LogP contribution in [-0.4, -0.2) is 23.5 Å². The van der Waals surface area contributed by atoms with Crippen LogP contribution in [0.5, 0.6) is 5.75 Å². The summed E-state index contributed by atoms with van der Waals surface area (Å²) in [6.45, 7) is -0.924. The Labute approximate surface area is 129 Å². The summed E-state index contributed by atoms with van der Waals surface area (Å²) in [4.78, 5) is 23.4. The molecule has 5 nitrogen and oxygen atoms in total. The standard InChI is InChI=1S/C15H13F3N2O3/c1-20-7-9(2-5-14(20)21)15(22)19-11-4-3-10(16)6-12(11)23-8-13(17)18/h2-7,13H,8H2,1H3,(H,19,22). The van der Waals surface area contributed by atoms with Crippen molar-refractivity contribution in [1.82, 2.24) is 4.57 Å². The SMILES string of the molecule is Cn1cc(C(=O)Nc2ccc(F)cc2OCC(F)F)ccc1=O. The van der Waals surface area contributed by atoms with Crippen LogP contribution in [0.25, 0.3) is 0 Å². The van der Waals surface area contributed by atoms with Crippen molar-refractivity contribution in [2.75, 3.05) is 11.9 Å². The van der Waals surface area contributed by atoms with Crippen LogP contribution in [0.3, 0.4) is 0 Å². The Morgan fingerprint density at radius 3 is 2.70 bits per heavy atom. The molecule has 8 heteroatoms. The number of carbonyl (C=O) groups is 1. The molecule has 2 aromatic rings. The van der Waals surface area contributed by atoms with Crippen LogP contribution in [0.2, 0.25) is 0 Å². The highest BCUT2D eigenvalue weighted by atomic mass is 19.3. The number of alkyl halides is 2. The molecule has 0 saturated carbocycles. The number of amides is 1. The molecule has 23 heavy (non-hydrogen) atoms. The van der Waals surface area contributed by atoms with Crippen molar-refractivity contribution in [1.29, 1.82) is 0 Å². The average Bonchev–Trinajstić information content (AvgIpc) is 2.50. The smallest absolute Gasteiger partial charge is 0.272 e. The molecule has 2 rings (SSSR count). The topological polar surface area (TPSA) is 60.3 Å². The van der Waals surface area contributed by atoms with E-state index in [4.69, 9.17) is 4.74 Å². The van der Waals surface area contributed by atoms with E-state index in [0.717, 1.165) is 12.1 Å². The zero-order chi connectivity index (χ0) is 17.0. The van der Waals surface area contributed by atoms with Crippen LogP contribution in [0.15, 0.2) is 41.3 Å². The van der Waals surface area contributed by atoms with Crippen molar-refractivity contribution < 1.29 is 22.7 Å². The van der Waals surface area contributed by atoms with E-state index in [1.54, 1.807) is 0 Å². The molecule has 1 heterocycles. The lowest BCUT2D eigenvalue weighted by Gasteiger charge is -2.12. The van der Waals surface area contributed by atoms with Gasteiger partial charge in [0.2, 0.25) is 5.56 Å². The van der Waals surface area contributed by atoms with Crippen LogP contribution in [-0.2, 0) is 7.05 Å². The van der Waals surface area contributed by atoms with Gasteiger partial charge in [0.25, 0.3) is 12.3 Å². The molecule has 0 saturated heterocycles. The fourth-order valence-corrected chi connectivity index (χ4v) is 1.79. The number of rotatable bonds is 5. The lowest BCUT2D eigenvalue weighted by Crippen LogP contribution is -2.20. The highest BCUT2D eigenvalue weighted by Gasteiger charge is 2.13. The second kappa shape index (κ2) is 6.99. The summed E-state index contributed by atoms with van der Waals surface area (Å²) < 4.78 is 43.7. The first-order valence-electron chi connectivity index (χ1n) is 6.55. The normalized spacial score (nSPS) is 10.7. The number of halogens is 3. The lowest BCUT2D eigenvalue weighted by molar-refractivity contribution is 0.0820. The highest BCUT2D eigenvalue weighted by molar-refractivity contribution is 6.04. The number of aromatic nitrogens is 1. The molecule has 122 valence electrons. The van der Waals surface area contributed by atoms with Gasteiger partial charge in [-0.15, -0.1) is 0 Å². The largest absolute Gasteiger partial charge is 0.485 e. The van der Waals surface area contributed by atoms with Gasteiger partial charge in [-0.2, -0.15) is 0 Å². The van der Waals surface area contributed by atoms with Gasteiger partial charge in [-0.3, -0.25) is 9.59 Å². The van der Waals surface area contributed by atoms with E-state index in [9.17, 15) is 22.8 Å². The Morgan fingerprint density at radius 2 is 2.04 bits per heavy atom. The number of anilines is 1. The molecule has 0 aliphatic carbocycles. The molecule has 1 N–H and O–H groups in total. The second-order valence-corrected chi connectivity index (χ2v) is 4.66. The Bertz CT molecular complexity index is 775. The summed E-state index contributed by atoms with van der Waals surface area (Å²) in [7, 11) is 1.48. The van der Waals surface area contributed by atoms with Crippen LogP contribution in [0.4, 0.5) is 18.9 Å². The summed E-state index contributed by atoms with van der Waals surface area (Å²) >= 11 is 0. The molecule has 0 fully saturated rings. The van der Waals surface area contributed by atoms with Gasteiger partial charge in [0, 0.05) is 25.4 Å². The van der Waals surface area contributed by atoms with Gasteiger partial charge in [0.05, 0.1) is 11.3 Å². The van der Waals surface area contributed by atoms with Crippen molar-refractivity contribution >= 4 is 11.6 Å². The molecule has 1 amide bonds. The predicted molar refractivity (Wildman–Crippen MR) is 77.5 cm³/mol. The molecular formula is C15H13F3N2O3. The minimum Gasteiger partial charge on any atom is -0.485 e. The van der Waals surface area contributed by atoms with Crippen LogP contribution < -0.4 is 15.6 Å². The quantitative estimate of drug-likeness (QED) is 0.918. The molecule has 0 radical (unpaired) electrons. The van der Waals surface area contributed by atoms with E-state index in [1.807, 2.05) is 0 Å². The number of benzene rings is 1. The maximum Gasteiger partial charge on any atom is 0.272 e. The first kappa shape index (κ1) is 16.6. The number of aryl methyl sites for hydroxylation is 1. The Kier molecular flexibility index (Phi) is 5.05. The van der Waals surface area contributed by atoms with Gasteiger partial charge in [0.15, 0.2) is 0 Å². The Hall–Kier alpha value is -2.77. The lowest BCUT2D eigenvalue weighted by atomic mass is 10.2. The molecule has 1 aromatic heterocycles. The number of pyridine rings is 1. The zero-order valence-electron chi connectivity index (χ0n) is 12.1. The van der Waals surface area contributed by atoms with Crippen molar-refractivity contribution in [2.45, 2.75) is 6.43 Å². The van der Waals surface area contributed by atoms with E-state index in [-0.39, 0.29) is 22.6 Å². The fourth-order valence-electron chi connectivity index (χ4n) is 1.79. The van der Waals surface area contributed by atoms with Crippen molar-refractivity contribution in [2.24, 2.45) is 7.05 Å². The van der Waals surface area contributed by atoms with Crippen molar-refractivity contribution in [3.8, 4) is 5.75 Å². The molecular weight excluding hydrogens is 313 g/mol. The number of ether oxygens (including phenoxy) is 1. The fraction of sp³-hybridized carbons (Fsp3) is 0.200. The summed E-state index contributed by atoms with van der Waals surface area (Å²) in [5.74, 6) is -1.48. The summed E-state index contributed by atoms with van der Waals surface area (Å²) in [6, 6.07) is 5.70. The molecule has 0 unspecified atom stereocenters. The van der Waals surface area contributed by atoms with Crippen LogP contribution in [0.1, 0.15) is 10.4 Å². The second-order valence-electron chi connectivity index (χ2n) is 4.66. The maximum absolute atomic E-state index is 13.2. The molecule has 0 aliphatic rings. The number of nitrogens with zero attached hydrogens (tertiary/aromatic N) is 1. The van der Waals surface area contributed by atoms with E-state index < -0.39 is 24.8 Å². The maximum atomic E-state index is 13.2. The van der Waals surface area contributed by atoms with Gasteiger partial charge in [-0.25, -0.2) is 13.2 Å². The summed E-state index contributed by atoms with van der Waals surface area (Å²) in [5.41, 5.74) is -0.0635. The first-order chi connectivity index (χ1) is 10.9. The van der Waals surface area contributed by atoms with Crippen LogP contribution in [0, 0.1) is 5.82 Å². The van der Waals surface area contributed by atoms with Gasteiger partial charge >= 0.3 is 0 Å². The third-order valence-electron chi connectivity index (χ3n) is 2.90. The molecule has 0 spiro atoms. The summed E-state index contributed by atoms with van der Waals surface area (Å²) in [5, 5.41) is 2.43. The van der Waals surface area contributed by atoms with Gasteiger partial charge in [-0.05, 0) is 18.2 Å². The monoisotopic (exact) mass is 326 g/mol. The third-order valence-corrected chi connectivity index (χ3v) is 2.90. The Morgan fingerprint density at radius 1 is 1.30 bits per heavy atom. The van der Waals surface area contributed by atoms with Gasteiger partial charge in [0.1, 0.15) is 18.2 Å². The van der Waals surface area contributed by atoms with E-state index in [1.165, 1.54) is 36.0 Å². The Balaban J connectivity index is 2.22. The summed E-state index contributed by atoms with van der Waals surface area (Å²) in [6.07, 6.45) is -1.41. The predicted octanol–water partition coefficient (Wildman–Crippen LogP) is 2.42. The van der Waals surface area contributed by atoms with Crippen molar-refractivity contribution in [3.63, 3.8) is 0 Å². The minimum atomic E-state index is -2.73. The van der Waals surface area contributed by atoms with Crippen molar-refractivity contribution in [3.05, 3.63) is 58.3 Å². The molecule has 1 aromatic carbocycles. The molecule has 0 bridgehead atoms. The van der Waals surface area contributed by atoms with Gasteiger partial charge in [-0.1, -0.05) is 0 Å². The number of nitrogens with one attached hydrogen (secondary N) is 1. The van der Waals surface area contributed by atoms with Gasteiger partial charge < -0.3 is 14.6 Å². The minimum absolute atomic E-state index is 0.0471. The van der Waals surface area contributed by atoms with Crippen LogP contribution >= 0.6 is 0 Å². The van der Waals surface area contributed by atoms with E-state index in [0.29, 0.717) is 0 Å². The average molecular weight is 326 g/mol. The number of hydrogen-bond donors (Lipinski definition) is 1. The number of carbonyl (C=O) groups excluding carboxylic acids is 1. The van der Waals surface area contributed by atoms with E-state index in [2.05, 4.69) is 5.32 Å². The first-order valence-corrected chi connectivity index (χ1v) is 6.55.